The number of hydrogen-bond donors (Lipinski definition) is 0. The van der Waals surface area contributed by atoms with Crippen LogP contribution in [0, 0.1) is 23.2 Å². The fraction of sp³-hybridized carbons (Fsp3) is 0.708. The monoisotopic (exact) mass is 386 g/mol. The second-order valence-electron chi connectivity index (χ2n) is 9.41. The maximum Gasteiger partial charge on any atom is 0.338 e. The molecule has 3 aliphatic rings. The molecule has 2 saturated carbocycles. The van der Waals surface area contributed by atoms with Gasteiger partial charge in [0.15, 0.2) is 6.29 Å². The largest absolute Gasteiger partial charge is 0.458 e. The van der Waals surface area contributed by atoms with Crippen LogP contribution in [0.5, 0.6) is 0 Å². The van der Waals surface area contributed by atoms with Gasteiger partial charge in [0.2, 0.25) is 0 Å². The molecule has 1 aliphatic heterocycles. The lowest BCUT2D eigenvalue weighted by Gasteiger charge is -2.46. The SMILES string of the molecule is C[C@@H]1OC([C@@H](C)[C@H]2CC[C@H]3[C@@H](OC(=O)c4ccccc4)CCC[C@]23C)O[C@H]1C. The van der Waals surface area contributed by atoms with Gasteiger partial charge in [0, 0.05) is 11.8 Å². The summed E-state index contributed by atoms with van der Waals surface area (Å²) in [5.74, 6) is 1.14. The van der Waals surface area contributed by atoms with Crippen LogP contribution < -0.4 is 0 Å². The van der Waals surface area contributed by atoms with E-state index in [1.165, 1.54) is 6.42 Å². The van der Waals surface area contributed by atoms with Gasteiger partial charge in [-0.15, -0.1) is 0 Å². The Balaban J connectivity index is 1.46. The Hall–Kier alpha value is -1.39. The number of carbonyl (C=O) groups is 1. The first-order valence-corrected chi connectivity index (χ1v) is 11.0. The van der Waals surface area contributed by atoms with E-state index >= 15 is 0 Å². The van der Waals surface area contributed by atoms with Crippen molar-refractivity contribution in [3.05, 3.63) is 35.9 Å². The van der Waals surface area contributed by atoms with Crippen molar-refractivity contribution in [2.24, 2.45) is 23.2 Å². The number of carbonyl (C=O) groups excluding carboxylic acids is 1. The first-order valence-electron chi connectivity index (χ1n) is 11.0. The molecular formula is C24H34O4. The van der Waals surface area contributed by atoms with Gasteiger partial charge in [-0.25, -0.2) is 4.79 Å². The third kappa shape index (κ3) is 3.50. The molecule has 1 saturated heterocycles. The van der Waals surface area contributed by atoms with Gasteiger partial charge in [0.25, 0.3) is 0 Å². The van der Waals surface area contributed by atoms with Gasteiger partial charge in [-0.05, 0) is 69.4 Å². The summed E-state index contributed by atoms with van der Waals surface area (Å²) in [6.07, 6.45) is 5.79. The van der Waals surface area contributed by atoms with Crippen molar-refractivity contribution in [2.75, 3.05) is 0 Å². The van der Waals surface area contributed by atoms with Crippen molar-refractivity contribution < 1.29 is 19.0 Å². The molecule has 0 aromatic heterocycles. The van der Waals surface area contributed by atoms with Crippen LogP contribution in [0.15, 0.2) is 30.3 Å². The molecule has 28 heavy (non-hydrogen) atoms. The van der Waals surface area contributed by atoms with Gasteiger partial charge in [-0.2, -0.15) is 0 Å². The van der Waals surface area contributed by atoms with Crippen LogP contribution in [0.1, 0.15) is 70.2 Å². The lowest BCUT2D eigenvalue weighted by molar-refractivity contribution is -0.132. The molecule has 1 heterocycles. The zero-order valence-corrected chi connectivity index (χ0v) is 17.6. The van der Waals surface area contributed by atoms with Crippen LogP contribution in [0.2, 0.25) is 0 Å². The fourth-order valence-electron chi connectivity index (χ4n) is 6.06. The fourth-order valence-corrected chi connectivity index (χ4v) is 6.06. The summed E-state index contributed by atoms with van der Waals surface area (Å²) in [4.78, 5) is 12.6. The van der Waals surface area contributed by atoms with E-state index < -0.39 is 0 Å². The highest BCUT2D eigenvalue weighted by atomic mass is 16.7. The molecule has 0 bridgehead atoms. The smallest absolute Gasteiger partial charge is 0.338 e. The lowest BCUT2D eigenvalue weighted by Crippen LogP contribution is -2.45. The molecule has 2 aliphatic carbocycles. The van der Waals surface area contributed by atoms with Gasteiger partial charge < -0.3 is 14.2 Å². The molecule has 0 radical (unpaired) electrons. The summed E-state index contributed by atoms with van der Waals surface area (Å²) in [5, 5.41) is 0. The van der Waals surface area contributed by atoms with E-state index in [0.29, 0.717) is 23.3 Å². The predicted octanol–water partition coefficient (Wildman–Crippen LogP) is 5.21. The quantitative estimate of drug-likeness (QED) is 0.666. The number of esters is 1. The summed E-state index contributed by atoms with van der Waals surface area (Å²) < 4.78 is 18.3. The standard InChI is InChI=1S/C24H34O4/c1-15(23-26-16(2)17(3)27-23)19-12-13-20-21(11-8-14-24(19,20)4)28-22(25)18-9-6-5-7-10-18/h5-7,9-10,15-17,19-21,23H,8,11-14H2,1-4H3/t15-,16-,17-,19+,20-,21-,24+/m0/s1. The minimum Gasteiger partial charge on any atom is -0.458 e. The van der Waals surface area contributed by atoms with Crippen molar-refractivity contribution in [1.82, 2.24) is 0 Å². The van der Waals surface area contributed by atoms with Crippen molar-refractivity contribution in [3.8, 4) is 0 Å². The molecule has 0 spiro atoms. The second-order valence-corrected chi connectivity index (χ2v) is 9.41. The topological polar surface area (TPSA) is 44.8 Å². The summed E-state index contributed by atoms with van der Waals surface area (Å²) in [5.41, 5.74) is 0.828. The van der Waals surface area contributed by atoms with E-state index in [-0.39, 0.29) is 36.0 Å². The molecule has 154 valence electrons. The van der Waals surface area contributed by atoms with Crippen molar-refractivity contribution in [3.63, 3.8) is 0 Å². The Morgan fingerprint density at radius 2 is 1.79 bits per heavy atom. The minimum atomic E-state index is -0.184. The second kappa shape index (κ2) is 7.79. The zero-order valence-electron chi connectivity index (χ0n) is 17.6. The van der Waals surface area contributed by atoms with Gasteiger partial charge in [-0.3, -0.25) is 0 Å². The first-order chi connectivity index (χ1) is 13.4. The molecular weight excluding hydrogens is 352 g/mol. The molecule has 0 amide bonds. The average molecular weight is 387 g/mol. The van der Waals surface area contributed by atoms with E-state index in [1.807, 2.05) is 30.3 Å². The van der Waals surface area contributed by atoms with Crippen LogP contribution in [-0.2, 0) is 14.2 Å². The minimum absolute atomic E-state index is 0.0203. The lowest BCUT2D eigenvalue weighted by atomic mass is 9.61. The zero-order chi connectivity index (χ0) is 19.9. The molecule has 3 fully saturated rings. The van der Waals surface area contributed by atoms with Crippen LogP contribution >= 0.6 is 0 Å². The van der Waals surface area contributed by atoms with E-state index in [9.17, 15) is 4.79 Å². The van der Waals surface area contributed by atoms with E-state index in [0.717, 1.165) is 25.7 Å². The Kier molecular flexibility index (Phi) is 5.54. The summed E-state index contributed by atoms with van der Waals surface area (Å²) in [6, 6.07) is 9.37. The van der Waals surface area contributed by atoms with E-state index in [2.05, 4.69) is 27.7 Å². The molecule has 7 atom stereocenters. The Bertz CT molecular complexity index is 679. The number of rotatable bonds is 4. The van der Waals surface area contributed by atoms with E-state index in [1.54, 1.807) is 0 Å². The average Bonchev–Trinajstić information content (AvgIpc) is 3.21. The van der Waals surface area contributed by atoms with Crippen molar-refractivity contribution in [2.45, 2.75) is 84.4 Å². The molecule has 4 heteroatoms. The van der Waals surface area contributed by atoms with Crippen molar-refractivity contribution in [1.29, 1.82) is 0 Å². The normalized spacial score (nSPS) is 39.5. The highest BCUT2D eigenvalue weighted by molar-refractivity contribution is 5.89. The highest BCUT2D eigenvalue weighted by Crippen LogP contribution is 2.59. The van der Waals surface area contributed by atoms with Gasteiger partial charge in [0.05, 0.1) is 17.8 Å². The third-order valence-electron chi connectivity index (χ3n) is 7.83. The van der Waals surface area contributed by atoms with Crippen LogP contribution in [-0.4, -0.2) is 30.6 Å². The number of hydrogen-bond acceptors (Lipinski definition) is 4. The number of fused-ring (bicyclic) bond motifs is 1. The maximum absolute atomic E-state index is 12.6. The molecule has 1 aromatic rings. The van der Waals surface area contributed by atoms with Crippen molar-refractivity contribution >= 4 is 5.97 Å². The molecule has 0 N–H and O–H groups in total. The number of benzene rings is 1. The molecule has 0 unspecified atom stereocenters. The molecule has 1 aromatic carbocycles. The third-order valence-corrected chi connectivity index (χ3v) is 7.83. The summed E-state index contributed by atoms with van der Waals surface area (Å²) in [7, 11) is 0. The van der Waals surface area contributed by atoms with Gasteiger partial charge >= 0.3 is 5.97 Å². The van der Waals surface area contributed by atoms with Gasteiger partial charge in [0.1, 0.15) is 6.10 Å². The first kappa shape index (κ1) is 19.9. The van der Waals surface area contributed by atoms with Crippen LogP contribution in [0.25, 0.3) is 0 Å². The number of ether oxygens (including phenoxy) is 3. The summed E-state index contributed by atoms with van der Waals surface area (Å²) in [6.45, 7) is 8.88. The predicted molar refractivity (Wildman–Crippen MR) is 108 cm³/mol. The Labute approximate surface area is 168 Å². The van der Waals surface area contributed by atoms with Crippen LogP contribution in [0.4, 0.5) is 0 Å². The van der Waals surface area contributed by atoms with Crippen LogP contribution in [0.3, 0.4) is 0 Å². The Morgan fingerprint density at radius 3 is 2.46 bits per heavy atom. The Morgan fingerprint density at radius 1 is 1.11 bits per heavy atom. The highest BCUT2D eigenvalue weighted by Gasteiger charge is 2.55. The summed E-state index contributed by atoms with van der Waals surface area (Å²) >= 11 is 0. The van der Waals surface area contributed by atoms with Gasteiger partial charge in [-0.1, -0.05) is 32.0 Å². The maximum atomic E-state index is 12.6. The molecule has 4 rings (SSSR count). The molecule has 4 nitrogen and oxygen atoms in total. The van der Waals surface area contributed by atoms with E-state index in [4.69, 9.17) is 14.2 Å².